The van der Waals surface area contributed by atoms with Crippen molar-refractivity contribution in [2.24, 2.45) is 27.7 Å². The average Bonchev–Trinajstić information content (AvgIpc) is 4.37. The minimum absolute atomic E-state index is 0.0199. The van der Waals surface area contributed by atoms with Gasteiger partial charge >= 0.3 is 0 Å². The highest BCUT2D eigenvalue weighted by molar-refractivity contribution is 6.07. The van der Waals surface area contributed by atoms with E-state index in [1.54, 1.807) is 65.7 Å². The van der Waals surface area contributed by atoms with E-state index in [1.807, 2.05) is 69.6 Å². The number of anilines is 1. The molecule has 4 aromatic carbocycles. The smallest absolute Gasteiger partial charge is 0.260 e. The Morgan fingerprint density at radius 2 is 1.19 bits per heavy atom. The molecule has 1 fully saturated rings. The van der Waals surface area contributed by atoms with Crippen LogP contribution in [-0.4, -0.2) is 135 Å². The first-order valence-electron chi connectivity index (χ1n) is 28.2. The van der Waals surface area contributed by atoms with Crippen molar-refractivity contribution in [2.45, 2.75) is 104 Å². The van der Waals surface area contributed by atoms with Gasteiger partial charge in [0.25, 0.3) is 11.8 Å². The number of methoxy groups -OCH3 is 3. The van der Waals surface area contributed by atoms with Crippen LogP contribution in [0.15, 0.2) is 95.2 Å². The highest BCUT2D eigenvalue weighted by atomic mass is 16.5. The third kappa shape index (κ3) is 14.6. The first-order chi connectivity index (χ1) is 40.0. The number of carbonyl (C=O) groups excluding carboxylic acids is 7. The summed E-state index contributed by atoms with van der Waals surface area (Å²) in [5.74, 6) is 2.25. The fourth-order valence-corrected chi connectivity index (χ4v) is 10.2. The fraction of sp³-hybridized carbons (Fsp3) is 0.413. The van der Waals surface area contributed by atoms with Crippen molar-refractivity contribution in [3.8, 4) is 28.7 Å². The quantitative estimate of drug-likeness (QED) is 0.0339. The summed E-state index contributed by atoms with van der Waals surface area (Å²) in [6, 6.07) is 21.5. The van der Waals surface area contributed by atoms with Gasteiger partial charge in [0.2, 0.25) is 30.0 Å². The van der Waals surface area contributed by atoms with E-state index in [4.69, 9.17) is 28.7 Å². The predicted octanol–water partition coefficient (Wildman–Crippen LogP) is 8.93. The molecule has 0 spiro atoms. The van der Waals surface area contributed by atoms with Crippen molar-refractivity contribution in [2.75, 3.05) is 52.9 Å². The van der Waals surface area contributed by atoms with E-state index in [9.17, 15) is 33.6 Å². The Balaban J connectivity index is 0.000000330. The van der Waals surface area contributed by atoms with Gasteiger partial charge in [-0.1, -0.05) is 58.4 Å². The minimum Gasteiger partial charge on any atom is -0.497 e. The maximum Gasteiger partial charge on any atom is 0.260 e. The van der Waals surface area contributed by atoms with E-state index in [0.29, 0.717) is 102 Å². The Labute approximate surface area is 484 Å². The van der Waals surface area contributed by atoms with Gasteiger partial charge in [-0.25, -0.2) is 0 Å². The lowest BCUT2D eigenvalue weighted by molar-refractivity contribution is -0.140. The van der Waals surface area contributed by atoms with Crippen molar-refractivity contribution < 1.29 is 57.2 Å². The van der Waals surface area contributed by atoms with Gasteiger partial charge in [0, 0.05) is 93.3 Å². The maximum absolute atomic E-state index is 13.8. The molecular weight excluding hydrogens is 1060 g/mol. The summed E-state index contributed by atoms with van der Waals surface area (Å²) in [5, 5.41) is 8.04. The van der Waals surface area contributed by atoms with Crippen molar-refractivity contribution in [3.05, 3.63) is 107 Å². The molecule has 3 N–H and O–H groups in total. The predicted molar refractivity (Wildman–Crippen MR) is 316 cm³/mol. The number of aliphatic imine (C=N–C) groups is 2. The molecule has 0 aromatic heterocycles. The molecule has 4 aromatic rings. The van der Waals surface area contributed by atoms with Gasteiger partial charge in [0.1, 0.15) is 5.75 Å². The van der Waals surface area contributed by atoms with Gasteiger partial charge in [-0.15, -0.1) is 0 Å². The molecule has 5 aliphatic heterocycles. The van der Waals surface area contributed by atoms with Gasteiger partial charge in [-0.2, -0.15) is 0 Å². The van der Waals surface area contributed by atoms with E-state index in [0.717, 1.165) is 47.3 Å². The van der Waals surface area contributed by atoms with Crippen molar-refractivity contribution in [1.82, 2.24) is 25.3 Å². The van der Waals surface area contributed by atoms with Crippen molar-refractivity contribution in [3.63, 3.8) is 0 Å². The molecule has 20 heteroatoms. The van der Waals surface area contributed by atoms with E-state index < -0.39 is 0 Å². The fourth-order valence-electron chi connectivity index (χ4n) is 10.2. The van der Waals surface area contributed by atoms with E-state index >= 15 is 0 Å². The van der Waals surface area contributed by atoms with Crippen LogP contribution in [0.3, 0.4) is 0 Å². The minimum atomic E-state index is -0.337. The lowest BCUT2D eigenvalue weighted by Gasteiger charge is -2.19. The lowest BCUT2D eigenvalue weighted by Crippen LogP contribution is -2.36. The van der Waals surface area contributed by atoms with Crippen LogP contribution in [0.1, 0.15) is 118 Å². The number of benzene rings is 4. The number of unbranched alkanes of at least 4 members (excludes halogenated alkanes) is 2. The topological polar surface area (TPSA) is 236 Å². The molecule has 5 aliphatic rings. The zero-order chi connectivity index (χ0) is 59.3. The number of hydrogen-bond donors (Lipinski definition) is 3. The number of nitrogens with zero attached hydrogens (tertiary/aromatic N) is 5. The summed E-state index contributed by atoms with van der Waals surface area (Å²) in [4.78, 5) is 100. The second-order valence-electron chi connectivity index (χ2n) is 21.6. The van der Waals surface area contributed by atoms with Crippen LogP contribution in [0.25, 0.3) is 11.1 Å². The molecule has 4 atom stereocenters. The van der Waals surface area contributed by atoms with Gasteiger partial charge < -0.3 is 49.4 Å². The van der Waals surface area contributed by atoms with Crippen molar-refractivity contribution in [1.29, 1.82) is 0 Å². The van der Waals surface area contributed by atoms with Crippen LogP contribution < -0.4 is 39.6 Å². The average molecular weight is 1140 g/mol. The second kappa shape index (κ2) is 27.8. The molecule has 0 aliphatic carbocycles. The van der Waals surface area contributed by atoms with Crippen LogP contribution in [0.4, 0.5) is 17.1 Å². The Kier molecular flexibility index (Phi) is 20.2. The summed E-state index contributed by atoms with van der Waals surface area (Å²) in [6.07, 6.45) is 12.7. The summed E-state index contributed by atoms with van der Waals surface area (Å²) in [5.41, 5.74) is 6.27. The summed E-state index contributed by atoms with van der Waals surface area (Å²) < 4.78 is 28.8. The molecule has 0 bridgehead atoms. The highest BCUT2D eigenvalue weighted by Crippen LogP contribution is 2.42. The lowest BCUT2D eigenvalue weighted by atomic mass is 9.94. The number of likely N-dealkylation sites (tertiary alicyclic amines) is 1. The molecule has 5 heterocycles. The molecule has 0 radical (unpaired) electrons. The molecular formula is C63H74N8O12. The summed E-state index contributed by atoms with van der Waals surface area (Å²) >= 11 is 0. The van der Waals surface area contributed by atoms with Gasteiger partial charge in [0.15, 0.2) is 23.0 Å². The summed E-state index contributed by atoms with van der Waals surface area (Å²) in [6.45, 7) is 11.1. The van der Waals surface area contributed by atoms with Gasteiger partial charge in [-0.3, -0.25) is 48.4 Å². The molecule has 438 valence electrons. The Morgan fingerprint density at radius 3 is 1.67 bits per heavy atom. The number of rotatable bonds is 24. The van der Waals surface area contributed by atoms with Gasteiger partial charge in [0.05, 0.1) is 75.7 Å². The van der Waals surface area contributed by atoms with E-state index in [2.05, 4.69) is 34.8 Å². The number of hydrogen-bond acceptors (Lipinski definition) is 14. The number of carbonyl (C=O) groups is 7. The first kappa shape index (κ1) is 60.3. The monoisotopic (exact) mass is 1130 g/mol. The van der Waals surface area contributed by atoms with E-state index in [-0.39, 0.29) is 85.2 Å². The molecule has 20 nitrogen and oxygen atoms in total. The third-order valence-corrected chi connectivity index (χ3v) is 15.3. The number of nitrogens with one attached hydrogen (secondary N) is 3. The Morgan fingerprint density at radius 1 is 0.651 bits per heavy atom. The number of fused-ring (bicyclic) bond motifs is 4. The van der Waals surface area contributed by atoms with E-state index in [1.165, 1.54) is 19.1 Å². The van der Waals surface area contributed by atoms with Crippen LogP contribution in [0, 0.1) is 17.8 Å². The molecule has 9 rings (SSSR count). The molecule has 4 unspecified atom stereocenters. The third-order valence-electron chi connectivity index (χ3n) is 15.3. The Bertz CT molecular complexity index is 3190. The van der Waals surface area contributed by atoms with Crippen LogP contribution in [0.5, 0.6) is 28.7 Å². The van der Waals surface area contributed by atoms with Crippen LogP contribution in [0.2, 0.25) is 0 Å². The number of amides is 7. The zero-order valence-electron chi connectivity index (χ0n) is 48.4. The van der Waals surface area contributed by atoms with Crippen LogP contribution >= 0.6 is 0 Å². The highest BCUT2D eigenvalue weighted by Gasteiger charge is 2.40. The first-order valence-corrected chi connectivity index (χ1v) is 28.2. The second-order valence-corrected chi connectivity index (χ2v) is 21.6. The summed E-state index contributed by atoms with van der Waals surface area (Å²) in [7, 11) is 4.67. The number of imide groups is 1. The largest absolute Gasteiger partial charge is 0.497 e. The molecule has 7 amide bonds. The standard InChI is InChI=1S/C45H42N6O9.C18H32N2O3/c1-56-34-11-7-28(8-12-34)30-16-33-22-48-38-20-42(40(58-3)18-36(38)45(55)51(33)25-30)60-14-4-13-59-41-19-37-35(17-39(41)57-2)44(54)50-24-29(15-32(50)21-47-37)27-5-9-31(10-6-27)49-43(53)23-46-26-52;1-12(2)14(5)19-16(21)9-7-6-8-10-20-17(22)11-15(13(3)4)18(20)23/h5-12,17-22,24-26,32-33H,4,13-16,23H2,1-3H3,(H,46,52)(H,49,53);12-15H,6-11H2,1-5H3,(H,19,21). The molecule has 1 saturated heterocycles. The molecule has 83 heavy (non-hydrogen) atoms. The van der Waals surface area contributed by atoms with Crippen LogP contribution in [-0.2, 0) is 24.0 Å². The maximum atomic E-state index is 13.8. The molecule has 0 saturated carbocycles. The van der Waals surface area contributed by atoms with Gasteiger partial charge in [-0.05, 0) is 90.3 Å². The SMILES string of the molecule is CC(C)C(C)NC(=O)CCCCCN1C(=O)CC(C(C)C)C1=O.COc1ccc(C2=CN3C(=O)c4cc(OC)c(OCCCOc5cc6c(cc5OC)C(=O)N5C=C(c7ccc(NC(=O)CNC=O)cc7)CC5C=N6)cc4N=CC3C2)cc1. The number of ether oxygens (including phenoxy) is 5. The Hall–Kier alpha value is -8.81. The zero-order valence-corrected chi connectivity index (χ0v) is 48.4. The van der Waals surface area contributed by atoms with Crippen molar-refractivity contribution >= 4 is 82.5 Å². The normalized spacial score (nSPS) is 18.0.